The fourth-order valence-electron chi connectivity index (χ4n) is 3.27. The van der Waals surface area contributed by atoms with Gasteiger partial charge in [-0.2, -0.15) is 0 Å². The predicted octanol–water partition coefficient (Wildman–Crippen LogP) is 4.06. The molecule has 1 amide bonds. The number of nitrogens with zero attached hydrogens (tertiary/aromatic N) is 1. The largest absolute Gasteiger partial charge is 0.459 e. The third kappa shape index (κ3) is 5.96. The van der Waals surface area contributed by atoms with E-state index in [2.05, 4.69) is 5.32 Å². The Kier molecular flexibility index (Phi) is 7.94. The lowest BCUT2D eigenvalue weighted by Gasteiger charge is -2.32. The number of hydrogen-bond donors (Lipinski definition) is 2. The van der Waals surface area contributed by atoms with Gasteiger partial charge in [-0.05, 0) is 24.1 Å². The minimum absolute atomic E-state index is 0.0800. The fourth-order valence-corrected chi connectivity index (χ4v) is 3.27. The molecule has 9 heteroatoms. The number of alkyl carbamates (subject to hydrolysis) is 1. The van der Waals surface area contributed by atoms with Crippen LogP contribution < -0.4 is 5.32 Å². The van der Waals surface area contributed by atoms with Crippen molar-refractivity contribution in [2.75, 3.05) is 0 Å². The number of aliphatic hydroxyl groups excluding tert-OH is 1. The molecule has 0 radical (unpaired) electrons. The maximum absolute atomic E-state index is 13.1. The number of carbonyl (C=O) groups excluding carboxylic acids is 2. The summed E-state index contributed by atoms with van der Waals surface area (Å²) in [5, 5.41) is 24.9. The molecule has 0 aliphatic heterocycles. The number of amides is 1. The first-order valence-electron chi connectivity index (χ1n) is 10.4. The lowest BCUT2D eigenvalue weighted by atomic mass is 9.88. The number of rotatable bonds is 9. The van der Waals surface area contributed by atoms with Gasteiger partial charge in [-0.3, -0.25) is 10.1 Å². The van der Waals surface area contributed by atoms with Crippen molar-refractivity contribution in [1.29, 1.82) is 0 Å². The summed E-state index contributed by atoms with van der Waals surface area (Å²) in [7, 11) is 0. The molecule has 0 aliphatic rings. The molecule has 0 saturated heterocycles. The van der Waals surface area contributed by atoms with Crippen molar-refractivity contribution in [3.8, 4) is 0 Å². The van der Waals surface area contributed by atoms with Crippen LogP contribution in [0.3, 0.4) is 0 Å². The molecule has 3 aromatic rings. The molecule has 0 fully saturated rings. The van der Waals surface area contributed by atoms with Crippen molar-refractivity contribution in [1.82, 2.24) is 5.32 Å². The first-order valence-corrected chi connectivity index (χ1v) is 10.4. The van der Waals surface area contributed by atoms with Crippen LogP contribution in [0.4, 0.5) is 10.5 Å². The van der Waals surface area contributed by atoms with Crippen molar-refractivity contribution < 1.29 is 29.1 Å². The predicted molar refractivity (Wildman–Crippen MR) is 122 cm³/mol. The summed E-state index contributed by atoms with van der Waals surface area (Å²) in [6.07, 6.45) is -2.80. The Morgan fingerprint density at radius 2 is 1.41 bits per heavy atom. The maximum atomic E-state index is 13.1. The second-order valence-corrected chi connectivity index (χ2v) is 7.67. The molecule has 0 unspecified atom stereocenters. The van der Waals surface area contributed by atoms with Crippen LogP contribution in [0.1, 0.15) is 29.7 Å². The van der Waals surface area contributed by atoms with E-state index >= 15 is 0 Å². The van der Waals surface area contributed by atoms with Gasteiger partial charge < -0.3 is 19.9 Å². The molecule has 0 spiro atoms. The zero-order chi connectivity index (χ0) is 24.6. The smallest absolute Gasteiger partial charge is 0.408 e. The van der Waals surface area contributed by atoms with Crippen LogP contribution >= 0.6 is 0 Å². The highest BCUT2D eigenvalue weighted by atomic mass is 16.6. The van der Waals surface area contributed by atoms with E-state index in [4.69, 9.17) is 9.47 Å². The maximum Gasteiger partial charge on any atom is 0.408 e. The number of ether oxygens (including phenoxy) is 2. The number of benzene rings is 3. The summed E-state index contributed by atoms with van der Waals surface area (Å²) < 4.78 is 10.6. The molecule has 176 valence electrons. The number of carbonyl (C=O) groups is 2. The van der Waals surface area contributed by atoms with Crippen LogP contribution in [0.5, 0.6) is 0 Å². The highest BCUT2D eigenvalue weighted by Gasteiger charge is 2.47. The van der Waals surface area contributed by atoms with E-state index < -0.39 is 34.3 Å². The highest BCUT2D eigenvalue weighted by Crippen LogP contribution is 2.33. The molecule has 0 saturated carbocycles. The van der Waals surface area contributed by atoms with Gasteiger partial charge in [-0.25, -0.2) is 9.59 Å². The topological polar surface area (TPSA) is 128 Å². The summed E-state index contributed by atoms with van der Waals surface area (Å²) in [6, 6.07) is 23.1. The second-order valence-electron chi connectivity index (χ2n) is 7.67. The van der Waals surface area contributed by atoms with Gasteiger partial charge in [0.15, 0.2) is 5.54 Å². The highest BCUT2D eigenvalue weighted by molar-refractivity contribution is 5.86. The third-order valence-corrected chi connectivity index (χ3v) is 5.19. The zero-order valence-corrected chi connectivity index (χ0v) is 18.4. The van der Waals surface area contributed by atoms with E-state index in [0.717, 1.165) is 0 Å². The Bertz CT molecular complexity index is 1140. The molecular formula is C25H24N2O7. The first-order chi connectivity index (χ1) is 16.3. The van der Waals surface area contributed by atoms with Crippen LogP contribution in [-0.4, -0.2) is 27.6 Å². The molecule has 3 rings (SSSR count). The SMILES string of the molecule is C[C@@](NC(=O)OCc1ccccc1)(C(=O)OCc1ccccc1)[C@@H](O)c1ccccc1[N+](=O)[O-]. The Hall–Kier alpha value is -4.24. The van der Waals surface area contributed by atoms with E-state index in [1.807, 2.05) is 6.07 Å². The average Bonchev–Trinajstić information content (AvgIpc) is 2.86. The molecule has 0 heterocycles. The molecule has 0 aromatic heterocycles. The summed E-state index contributed by atoms with van der Waals surface area (Å²) in [5.41, 5.74) is -1.25. The van der Waals surface area contributed by atoms with Gasteiger partial charge in [-0.15, -0.1) is 0 Å². The Morgan fingerprint density at radius 1 is 0.912 bits per heavy atom. The van der Waals surface area contributed by atoms with Crippen LogP contribution in [0.15, 0.2) is 84.9 Å². The summed E-state index contributed by atoms with van der Waals surface area (Å²) >= 11 is 0. The lowest BCUT2D eigenvalue weighted by molar-refractivity contribution is -0.386. The van der Waals surface area contributed by atoms with Gasteiger partial charge in [0.2, 0.25) is 0 Å². The monoisotopic (exact) mass is 464 g/mol. The van der Waals surface area contributed by atoms with E-state index in [9.17, 15) is 24.8 Å². The van der Waals surface area contributed by atoms with Crippen molar-refractivity contribution >= 4 is 17.7 Å². The standard InChI is InChI=1S/C25H24N2O7/c1-25(23(29)33-16-18-10-4-2-5-11-18,22(28)20-14-8-9-15-21(20)27(31)32)26-24(30)34-17-19-12-6-3-7-13-19/h2-15,22,28H,16-17H2,1H3,(H,26,30)/t22-,25-/m0/s1. The summed E-state index contributed by atoms with van der Waals surface area (Å²) in [5.74, 6) is -0.987. The van der Waals surface area contributed by atoms with Gasteiger partial charge in [0.05, 0.1) is 10.5 Å². The normalized spacial score (nSPS) is 13.2. The number of nitrogens with one attached hydrogen (secondary N) is 1. The molecule has 34 heavy (non-hydrogen) atoms. The fraction of sp³-hybridized carbons (Fsp3) is 0.200. The number of nitro groups is 1. The van der Waals surface area contributed by atoms with Gasteiger partial charge in [0, 0.05) is 6.07 Å². The molecule has 0 bridgehead atoms. The minimum Gasteiger partial charge on any atom is -0.459 e. The Balaban J connectivity index is 1.84. The molecule has 0 aliphatic carbocycles. The number of para-hydroxylation sites is 1. The Morgan fingerprint density at radius 3 is 1.97 bits per heavy atom. The van der Waals surface area contributed by atoms with Gasteiger partial charge in [0.25, 0.3) is 5.69 Å². The van der Waals surface area contributed by atoms with E-state index in [1.165, 1.54) is 31.2 Å². The van der Waals surface area contributed by atoms with Crippen LogP contribution in [0.25, 0.3) is 0 Å². The second kappa shape index (κ2) is 11.1. The molecule has 9 nitrogen and oxygen atoms in total. The molecule has 2 atom stereocenters. The van der Waals surface area contributed by atoms with Crippen LogP contribution in [0, 0.1) is 10.1 Å². The quantitative estimate of drug-likeness (QED) is 0.278. The minimum atomic E-state index is -2.09. The van der Waals surface area contributed by atoms with E-state index in [0.29, 0.717) is 11.1 Å². The first kappa shape index (κ1) is 24.4. The number of hydrogen-bond acceptors (Lipinski definition) is 7. The molecule has 2 N–H and O–H groups in total. The lowest BCUT2D eigenvalue weighted by Crippen LogP contribution is -2.57. The van der Waals surface area contributed by atoms with Crippen molar-refractivity contribution in [3.63, 3.8) is 0 Å². The van der Waals surface area contributed by atoms with Gasteiger partial charge in [-0.1, -0.05) is 72.8 Å². The summed E-state index contributed by atoms with van der Waals surface area (Å²) in [4.78, 5) is 36.5. The van der Waals surface area contributed by atoms with Gasteiger partial charge in [0.1, 0.15) is 19.3 Å². The number of esters is 1. The van der Waals surface area contributed by atoms with Crippen LogP contribution in [-0.2, 0) is 27.5 Å². The average molecular weight is 464 g/mol. The third-order valence-electron chi connectivity index (χ3n) is 5.19. The van der Waals surface area contributed by atoms with E-state index in [1.54, 1.807) is 54.6 Å². The van der Waals surface area contributed by atoms with Gasteiger partial charge >= 0.3 is 12.1 Å². The molecular weight excluding hydrogens is 440 g/mol. The van der Waals surface area contributed by atoms with Crippen molar-refractivity contribution in [3.05, 3.63) is 112 Å². The number of aliphatic hydroxyl groups is 1. The van der Waals surface area contributed by atoms with Crippen molar-refractivity contribution in [2.45, 2.75) is 31.8 Å². The zero-order valence-electron chi connectivity index (χ0n) is 18.4. The van der Waals surface area contributed by atoms with E-state index in [-0.39, 0.29) is 18.8 Å². The van der Waals surface area contributed by atoms with Crippen LogP contribution in [0.2, 0.25) is 0 Å². The molecule has 3 aromatic carbocycles. The number of nitro benzene ring substituents is 1. The Labute approximate surface area is 196 Å². The summed E-state index contributed by atoms with van der Waals surface area (Å²) in [6.45, 7) is 1.02. The van der Waals surface area contributed by atoms with Crippen molar-refractivity contribution in [2.24, 2.45) is 0 Å².